The van der Waals surface area contributed by atoms with Gasteiger partial charge in [-0.3, -0.25) is 4.55 Å². The van der Waals surface area contributed by atoms with Gasteiger partial charge >= 0.3 is 5.97 Å². The van der Waals surface area contributed by atoms with E-state index in [0.717, 1.165) is 44.7 Å². The average molecular weight is 650 g/mol. The van der Waals surface area contributed by atoms with Crippen molar-refractivity contribution in [3.63, 3.8) is 0 Å². The summed E-state index contributed by atoms with van der Waals surface area (Å²) >= 11 is 0. The molecule has 9 nitrogen and oxygen atoms in total. The molecule has 4 aromatic rings. The lowest BCUT2D eigenvalue weighted by molar-refractivity contribution is 0.0695. The van der Waals surface area contributed by atoms with Crippen LogP contribution in [0, 0.1) is 20.8 Å². The number of aromatic hydroxyl groups is 1. The summed E-state index contributed by atoms with van der Waals surface area (Å²) in [6, 6.07) is 22.0. The maximum atomic E-state index is 11.6. The lowest BCUT2D eigenvalue weighted by atomic mass is 9.91. The normalized spacial score (nSPS) is 12.6. The van der Waals surface area contributed by atoms with Gasteiger partial charge in [-0.1, -0.05) is 55.8 Å². The standard InChI is InChI=1S/C29H35NO5.C7H8O3S/c1-17(2)26-16-22(8-11-25(26)29(33)34)23-14-18(3)28(19(4)15-23)35-13-12-30-20(5)27(32)21-6-9-24(31)10-7-21;1-6-2-4-7(5-3-6)11(8,9)10/h6-11,14-17,20,27,30-32H,12-13H2,1-5H3,(H,33,34);2-5H,1H3,(H,8,9,10)/t20-,27-;/m0./s1. The number of phenols is 1. The number of carboxylic acids is 1. The summed E-state index contributed by atoms with van der Waals surface area (Å²) in [5.74, 6) is 0.195. The maximum absolute atomic E-state index is 11.6. The van der Waals surface area contributed by atoms with E-state index in [1.165, 1.54) is 12.1 Å². The van der Waals surface area contributed by atoms with Crippen LogP contribution in [0.4, 0.5) is 0 Å². The zero-order chi connectivity index (χ0) is 34.2. The molecule has 46 heavy (non-hydrogen) atoms. The molecule has 0 aromatic heterocycles. The average Bonchev–Trinajstić information content (AvgIpc) is 2.99. The minimum atomic E-state index is -4.02. The van der Waals surface area contributed by atoms with Crippen molar-refractivity contribution in [3.05, 3.63) is 112 Å². The Bertz CT molecular complexity index is 1710. The number of aliphatic hydroxyl groups excluding tert-OH is 1. The van der Waals surface area contributed by atoms with E-state index in [2.05, 4.69) is 17.4 Å². The maximum Gasteiger partial charge on any atom is 0.335 e. The predicted molar refractivity (Wildman–Crippen MR) is 179 cm³/mol. The summed E-state index contributed by atoms with van der Waals surface area (Å²) in [6.45, 7) is 12.8. The molecule has 0 aliphatic heterocycles. The van der Waals surface area contributed by atoms with Gasteiger partial charge in [0.15, 0.2) is 0 Å². The summed E-state index contributed by atoms with van der Waals surface area (Å²) in [5, 5.41) is 32.7. The number of nitrogens with one attached hydrogen (secondary N) is 1. The Kier molecular flexibility index (Phi) is 12.5. The molecule has 4 aromatic carbocycles. The highest BCUT2D eigenvalue weighted by atomic mass is 32.2. The highest BCUT2D eigenvalue weighted by molar-refractivity contribution is 7.85. The van der Waals surface area contributed by atoms with E-state index in [1.807, 2.05) is 53.7 Å². The van der Waals surface area contributed by atoms with Gasteiger partial charge < -0.3 is 25.4 Å². The van der Waals surface area contributed by atoms with E-state index in [0.29, 0.717) is 18.7 Å². The first-order valence-electron chi connectivity index (χ1n) is 14.9. The van der Waals surface area contributed by atoms with Crippen LogP contribution in [0.15, 0.2) is 83.8 Å². The molecule has 0 spiro atoms. The fourth-order valence-electron chi connectivity index (χ4n) is 4.98. The van der Waals surface area contributed by atoms with Crippen LogP contribution in [-0.4, -0.2) is 53.5 Å². The molecule has 4 rings (SSSR count). The van der Waals surface area contributed by atoms with E-state index in [9.17, 15) is 28.5 Å². The molecule has 0 fully saturated rings. The molecule has 0 saturated heterocycles. The van der Waals surface area contributed by atoms with Crippen LogP contribution in [0.1, 0.15) is 71.0 Å². The molecule has 0 unspecified atom stereocenters. The minimum absolute atomic E-state index is 0.0666. The fourth-order valence-corrected chi connectivity index (χ4v) is 5.46. The third-order valence-corrected chi connectivity index (χ3v) is 8.41. The highest BCUT2D eigenvalue weighted by Crippen LogP contribution is 2.33. The number of hydrogen-bond donors (Lipinski definition) is 5. The number of carbonyl (C=O) groups is 1. The van der Waals surface area contributed by atoms with Crippen molar-refractivity contribution in [1.82, 2.24) is 5.32 Å². The van der Waals surface area contributed by atoms with E-state index in [1.54, 1.807) is 42.5 Å². The quantitative estimate of drug-likeness (QED) is 0.0869. The first-order chi connectivity index (χ1) is 21.6. The summed E-state index contributed by atoms with van der Waals surface area (Å²) in [5.41, 5.74) is 6.87. The molecule has 246 valence electrons. The SMILES string of the molecule is Cc1cc(-c2ccc(C(=O)O)c(C(C)C)c2)cc(C)c1OCCN[C@@H](C)[C@H](O)c1ccc(O)cc1.Cc1ccc(S(=O)(=O)O)cc1. The molecule has 2 atom stereocenters. The number of hydrogen-bond acceptors (Lipinski definition) is 7. The first-order valence-corrected chi connectivity index (χ1v) is 16.4. The Labute approximate surface area is 271 Å². The largest absolute Gasteiger partial charge is 0.508 e. The molecule has 5 N–H and O–H groups in total. The summed E-state index contributed by atoms with van der Waals surface area (Å²) < 4.78 is 35.6. The fraction of sp³-hybridized carbons (Fsp3) is 0.306. The van der Waals surface area contributed by atoms with E-state index in [-0.39, 0.29) is 22.6 Å². The lowest BCUT2D eigenvalue weighted by Gasteiger charge is -2.21. The van der Waals surface area contributed by atoms with Gasteiger partial charge in [-0.05, 0) is 109 Å². The molecule has 0 saturated carbocycles. The number of rotatable bonds is 11. The third-order valence-electron chi connectivity index (χ3n) is 7.54. The van der Waals surface area contributed by atoms with Crippen LogP contribution in [-0.2, 0) is 10.1 Å². The van der Waals surface area contributed by atoms with Crippen molar-refractivity contribution in [2.45, 2.75) is 64.5 Å². The van der Waals surface area contributed by atoms with Crippen molar-refractivity contribution >= 4 is 16.1 Å². The second kappa shape index (κ2) is 15.9. The number of aliphatic hydroxyl groups is 1. The van der Waals surface area contributed by atoms with E-state index in [4.69, 9.17) is 9.29 Å². The van der Waals surface area contributed by atoms with Crippen LogP contribution in [0.5, 0.6) is 11.5 Å². The molecule has 0 bridgehead atoms. The van der Waals surface area contributed by atoms with Crippen molar-refractivity contribution in [2.24, 2.45) is 0 Å². The Morgan fingerprint density at radius 1 is 0.848 bits per heavy atom. The van der Waals surface area contributed by atoms with Gasteiger partial charge in [-0.15, -0.1) is 0 Å². The molecule has 0 heterocycles. The van der Waals surface area contributed by atoms with Crippen LogP contribution in [0.3, 0.4) is 0 Å². The van der Waals surface area contributed by atoms with Crippen molar-refractivity contribution in [1.29, 1.82) is 0 Å². The van der Waals surface area contributed by atoms with Gasteiger partial charge in [0.05, 0.1) is 16.6 Å². The number of benzene rings is 4. The first kappa shape index (κ1) is 36.3. The van der Waals surface area contributed by atoms with Gasteiger partial charge in [0.25, 0.3) is 10.1 Å². The molecule has 0 radical (unpaired) electrons. The number of phenolic OH excluding ortho intramolecular Hbond substituents is 1. The van der Waals surface area contributed by atoms with Crippen molar-refractivity contribution in [3.8, 4) is 22.6 Å². The van der Waals surface area contributed by atoms with Crippen LogP contribution in [0.2, 0.25) is 0 Å². The summed E-state index contributed by atoms with van der Waals surface area (Å²) in [6.07, 6.45) is -0.693. The molecular weight excluding hydrogens is 606 g/mol. The zero-order valence-corrected chi connectivity index (χ0v) is 27.8. The molecule has 10 heteroatoms. The van der Waals surface area contributed by atoms with Gasteiger partial charge in [-0.2, -0.15) is 8.42 Å². The molecule has 0 aliphatic carbocycles. The highest BCUT2D eigenvalue weighted by Gasteiger charge is 2.17. The second-order valence-corrected chi connectivity index (χ2v) is 13.0. The zero-order valence-electron chi connectivity index (χ0n) is 27.0. The van der Waals surface area contributed by atoms with Gasteiger partial charge in [0.2, 0.25) is 0 Å². The Morgan fingerprint density at radius 3 is 1.96 bits per heavy atom. The van der Waals surface area contributed by atoms with Crippen molar-refractivity contribution in [2.75, 3.05) is 13.2 Å². The van der Waals surface area contributed by atoms with E-state index < -0.39 is 22.2 Å². The number of aromatic carboxylic acids is 1. The molecule has 0 amide bonds. The molecular formula is C36H43NO8S. The minimum Gasteiger partial charge on any atom is -0.508 e. The van der Waals surface area contributed by atoms with Gasteiger partial charge in [-0.25, -0.2) is 4.79 Å². The topological polar surface area (TPSA) is 153 Å². The smallest absolute Gasteiger partial charge is 0.335 e. The van der Waals surface area contributed by atoms with Crippen LogP contribution < -0.4 is 10.1 Å². The van der Waals surface area contributed by atoms with Crippen molar-refractivity contribution < 1.29 is 37.8 Å². The Morgan fingerprint density at radius 2 is 1.43 bits per heavy atom. The van der Waals surface area contributed by atoms with Crippen LogP contribution in [0.25, 0.3) is 11.1 Å². The number of carboxylic acid groups (broad SMARTS) is 1. The monoisotopic (exact) mass is 649 g/mol. The summed E-state index contributed by atoms with van der Waals surface area (Å²) in [7, 11) is -4.02. The summed E-state index contributed by atoms with van der Waals surface area (Å²) in [4.78, 5) is 11.5. The van der Waals surface area contributed by atoms with Gasteiger partial charge in [0.1, 0.15) is 18.1 Å². The Balaban J connectivity index is 0.000000441. The lowest BCUT2D eigenvalue weighted by Crippen LogP contribution is -2.35. The van der Waals surface area contributed by atoms with Gasteiger partial charge in [0, 0.05) is 12.6 Å². The number of ether oxygens (including phenoxy) is 1. The number of aryl methyl sites for hydroxylation is 3. The third kappa shape index (κ3) is 9.89. The Hall–Kier alpha value is -4.22. The predicted octanol–water partition coefficient (Wildman–Crippen LogP) is 6.83. The molecule has 0 aliphatic rings. The van der Waals surface area contributed by atoms with Crippen LogP contribution >= 0.6 is 0 Å². The second-order valence-electron chi connectivity index (χ2n) is 11.6. The van der Waals surface area contributed by atoms with E-state index >= 15 is 0 Å².